The topological polar surface area (TPSA) is 80.1 Å². The van der Waals surface area contributed by atoms with Crippen molar-refractivity contribution < 1.29 is 4.79 Å². The fraction of sp³-hybridized carbons (Fsp3) is 0.368. The molecule has 3 aromatic rings. The highest BCUT2D eigenvalue weighted by Crippen LogP contribution is 2.24. The maximum atomic E-state index is 12.5. The van der Waals surface area contributed by atoms with Gasteiger partial charge in [-0.2, -0.15) is 0 Å². The Hall–Kier alpha value is -2.74. The van der Waals surface area contributed by atoms with Gasteiger partial charge in [0.15, 0.2) is 5.13 Å². The molecular formula is C19H21N5O2S. The molecule has 0 aliphatic carbocycles. The minimum absolute atomic E-state index is 0.0143. The molecule has 1 atom stereocenters. The molecule has 1 amide bonds. The minimum Gasteiger partial charge on any atom is -0.354 e. The van der Waals surface area contributed by atoms with Crippen molar-refractivity contribution in [1.82, 2.24) is 19.9 Å². The van der Waals surface area contributed by atoms with Gasteiger partial charge < -0.3 is 10.2 Å². The van der Waals surface area contributed by atoms with Crippen molar-refractivity contribution in [3.05, 3.63) is 52.5 Å². The van der Waals surface area contributed by atoms with Crippen LogP contribution in [0.3, 0.4) is 0 Å². The quantitative estimate of drug-likeness (QED) is 0.728. The maximum Gasteiger partial charge on any atom is 0.261 e. The van der Waals surface area contributed by atoms with Crippen molar-refractivity contribution >= 4 is 33.3 Å². The van der Waals surface area contributed by atoms with Crippen LogP contribution in [0.15, 0.2) is 47.0 Å². The maximum absolute atomic E-state index is 12.5. The molecule has 7 nitrogen and oxygen atoms in total. The summed E-state index contributed by atoms with van der Waals surface area (Å²) >= 11 is 1.64. The van der Waals surface area contributed by atoms with E-state index in [1.807, 2.05) is 17.6 Å². The molecule has 1 fully saturated rings. The number of fused-ring (bicyclic) bond motifs is 1. The standard InChI is InChI=1S/C19H21N5O2S/c25-17(12-24-13-22-16-6-2-1-5-15(16)18(24)26)21-10-14-4-3-8-23(11-14)19-20-7-9-27-19/h1-2,5-7,9,13-14H,3-4,8,10-12H2,(H,21,25). The Kier molecular flexibility index (Phi) is 5.15. The van der Waals surface area contributed by atoms with Crippen LogP contribution in [0.2, 0.25) is 0 Å². The van der Waals surface area contributed by atoms with Gasteiger partial charge in [-0.25, -0.2) is 9.97 Å². The summed E-state index contributed by atoms with van der Waals surface area (Å²) in [5.74, 6) is 0.221. The Morgan fingerprint density at radius 2 is 2.19 bits per heavy atom. The lowest BCUT2D eigenvalue weighted by atomic mass is 9.98. The monoisotopic (exact) mass is 383 g/mol. The SMILES string of the molecule is O=C(Cn1cnc2ccccc2c1=O)NCC1CCCN(c2nccs2)C1. The van der Waals surface area contributed by atoms with E-state index in [-0.39, 0.29) is 18.0 Å². The van der Waals surface area contributed by atoms with Crippen LogP contribution in [0.5, 0.6) is 0 Å². The number of nitrogens with zero attached hydrogens (tertiary/aromatic N) is 4. The lowest BCUT2D eigenvalue weighted by Crippen LogP contribution is -2.42. The van der Waals surface area contributed by atoms with Gasteiger partial charge >= 0.3 is 0 Å². The molecule has 8 heteroatoms. The van der Waals surface area contributed by atoms with Crippen LogP contribution in [0.4, 0.5) is 5.13 Å². The number of aromatic nitrogens is 3. The number of anilines is 1. The molecule has 0 radical (unpaired) electrons. The van der Waals surface area contributed by atoms with Crippen molar-refractivity contribution in [3.63, 3.8) is 0 Å². The second-order valence-electron chi connectivity index (χ2n) is 6.77. The Balaban J connectivity index is 1.35. The lowest BCUT2D eigenvalue weighted by molar-refractivity contribution is -0.121. The molecule has 1 aliphatic heterocycles. The molecule has 27 heavy (non-hydrogen) atoms. The van der Waals surface area contributed by atoms with Crippen LogP contribution < -0.4 is 15.8 Å². The van der Waals surface area contributed by atoms with Crippen LogP contribution in [-0.2, 0) is 11.3 Å². The van der Waals surface area contributed by atoms with E-state index < -0.39 is 0 Å². The first kappa shape index (κ1) is 17.7. The van der Waals surface area contributed by atoms with Crippen LogP contribution >= 0.6 is 11.3 Å². The summed E-state index contributed by atoms with van der Waals surface area (Å²) in [5, 5.41) is 6.52. The Labute approximate surface area is 160 Å². The Morgan fingerprint density at radius 3 is 3.04 bits per heavy atom. The number of benzene rings is 1. The van der Waals surface area contributed by atoms with E-state index in [9.17, 15) is 9.59 Å². The molecule has 0 saturated carbocycles. The second-order valence-corrected chi connectivity index (χ2v) is 7.64. The Morgan fingerprint density at radius 1 is 1.30 bits per heavy atom. The fourth-order valence-electron chi connectivity index (χ4n) is 3.47. The predicted molar refractivity (Wildman–Crippen MR) is 106 cm³/mol. The molecule has 140 valence electrons. The zero-order chi connectivity index (χ0) is 18.6. The van der Waals surface area contributed by atoms with Gasteiger partial charge in [0.25, 0.3) is 5.56 Å². The van der Waals surface area contributed by atoms with Gasteiger partial charge in [-0.15, -0.1) is 11.3 Å². The highest BCUT2D eigenvalue weighted by molar-refractivity contribution is 7.13. The molecule has 1 aliphatic rings. The number of piperidine rings is 1. The molecular weight excluding hydrogens is 362 g/mol. The lowest BCUT2D eigenvalue weighted by Gasteiger charge is -2.32. The molecule has 4 rings (SSSR count). The summed E-state index contributed by atoms with van der Waals surface area (Å²) in [4.78, 5) is 35.7. The smallest absolute Gasteiger partial charge is 0.261 e. The summed E-state index contributed by atoms with van der Waals surface area (Å²) < 4.78 is 1.36. The third-order valence-corrected chi connectivity index (χ3v) is 5.67. The van der Waals surface area contributed by atoms with Gasteiger partial charge in [0.2, 0.25) is 5.91 Å². The highest BCUT2D eigenvalue weighted by atomic mass is 32.1. The molecule has 3 heterocycles. The number of carbonyl (C=O) groups excluding carboxylic acids is 1. The number of thiazole rings is 1. The van der Waals surface area contributed by atoms with E-state index in [0.717, 1.165) is 31.1 Å². The van der Waals surface area contributed by atoms with E-state index in [1.54, 1.807) is 29.5 Å². The van der Waals surface area contributed by atoms with Crippen LogP contribution in [-0.4, -0.2) is 40.1 Å². The first-order valence-corrected chi connectivity index (χ1v) is 9.94. The number of amides is 1. The van der Waals surface area contributed by atoms with E-state index >= 15 is 0 Å². The van der Waals surface area contributed by atoms with Crippen LogP contribution in [0.1, 0.15) is 12.8 Å². The van der Waals surface area contributed by atoms with Crippen LogP contribution in [0.25, 0.3) is 10.9 Å². The largest absolute Gasteiger partial charge is 0.354 e. The summed E-state index contributed by atoms with van der Waals surface area (Å²) in [6.45, 7) is 2.50. The number of para-hydroxylation sites is 1. The number of hydrogen-bond acceptors (Lipinski definition) is 6. The normalized spacial score (nSPS) is 17.2. The molecule has 0 bridgehead atoms. The molecule has 1 aromatic carbocycles. The van der Waals surface area contributed by atoms with Crippen LogP contribution in [0, 0.1) is 5.92 Å². The predicted octanol–water partition coefficient (Wildman–Crippen LogP) is 1.89. The van der Waals surface area contributed by atoms with Gasteiger partial charge in [-0.3, -0.25) is 14.2 Å². The first-order chi connectivity index (χ1) is 13.2. The number of rotatable bonds is 5. The summed E-state index contributed by atoms with van der Waals surface area (Å²) in [5.41, 5.74) is 0.451. The van der Waals surface area contributed by atoms with Crippen molar-refractivity contribution in [2.24, 2.45) is 5.92 Å². The molecule has 1 saturated heterocycles. The first-order valence-electron chi connectivity index (χ1n) is 9.06. The number of hydrogen-bond donors (Lipinski definition) is 1. The minimum atomic E-state index is -0.191. The van der Waals surface area contributed by atoms with Gasteiger partial charge in [-0.05, 0) is 30.9 Å². The van der Waals surface area contributed by atoms with Crippen molar-refractivity contribution in [2.45, 2.75) is 19.4 Å². The van der Waals surface area contributed by atoms with E-state index in [0.29, 0.717) is 23.4 Å². The van der Waals surface area contributed by atoms with E-state index in [1.165, 1.54) is 10.9 Å². The van der Waals surface area contributed by atoms with Gasteiger partial charge in [0.1, 0.15) is 6.54 Å². The average Bonchev–Trinajstić information content (AvgIpc) is 3.24. The van der Waals surface area contributed by atoms with E-state index in [4.69, 9.17) is 0 Å². The zero-order valence-corrected chi connectivity index (χ0v) is 15.7. The summed E-state index contributed by atoms with van der Waals surface area (Å²) in [6.07, 6.45) is 5.43. The third-order valence-electron chi connectivity index (χ3n) is 4.84. The Bertz CT molecular complexity index is 985. The van der Waals surface area contributed by atoms with Crippen molar-refractivity contribution in [2.75, 3.05) is 24.5 Å². The second kappa shape index (κ2) is 7.87. The van der Waals surface area contributed by atoms with Gasteiger partial charge in [-0.1, -0.05) is 12.1 Å². The van der Waals surface area contributed by atoms with Crippen molar-refractivity contribution in [1.29, 1.82) is 0 Å². The summed E-state index contributed by atoms with van der Waals surface area (Å²) in [6, 6.07) is 7.16. The molecule has 2 aromatic heterocycles. The molecule has 1 unspecified atom stereocenters. The highest BCUT2D eigenvalue weighted by Gasteiger charge is 2.22. The fourth-order valence-corrected chi connectivity index (χ4v) is 4.15. The molecule has 0 spiro atoms. The molecule has 1 N–H and O–H groups in total. The van der Waals surface area contributed by atoms with E-state index in [2.05, 4.69) is 20.2 Å². The third kappa shape index (κ3) is 4.00. The number of nitrogens with one attached hydrogen (secondary N) is 1. The number of carbonyl (C=O) groups is 1. The van der Waals surface area contributed by atoms with Crippen molar-refractivity contribution in [3.8, 4) is 0 Å². The van der Waals surface area contributed by atoms with Gasteiger partial charge in [0.05, 0.1) is 17.2 Å². The average molecular weight is 383 g/mol. The summed E-state index contributed by atoms with van der Waals surface area (Å²) in [7, 11) is 0. The zero-order valence-electron chi connectivity index (χ0n) is 14.9. The van der Waals surface area contributed by atoms with Gasteiger partial charge in [0, 0.05) is 31.2 Å².